The van der Waals surface area contributed by atoms with Gasteiger partial charge in [-0.15, -0.1) is 0 Å². The molecule has 1 aromatic rings. The number of carboxylic acids is 1. The molecule has 90 valence electrons. The van der Waals surface area contributed by atoms with Gasteiger partial charge in [-0.25, -0.2) is 4.79 Å². The minimum atomic E-state index is -0.864. The first-order valence-corrected chi connectivity index (χ1v) is 5.51. The largest absolute Gasteiger partial charge is 0.508 e. The van der Waals surface area contributed by atoms with Crippen LogP contribution in [0.4, 0.5) is 0 Å². The fourth-order valence-electron chi connectivity index (χ4n) is 2.09. The normalized spacial score (nSPS) is 17.2. The smallest absolute Gasteiger partial charge is 0.331 e. The SMILES string of the molecule is CN1CCC(C(=O)O)=C(c2cccc(O)c2)C1. The summed E-state index contributed by atoms with van der Waals surface area (Å²) in [4.78, 5) is 13.3. The number of benzene rings is 1. The predicted octanol–water partition coefficient (Wildman–Crippen LogP) is 1.57. The lowest BCUT2D eigenvalue weighted by Gasteiger charge is -2.26. The Morgan fingerprint density at radius 2 is 2.18 bits per heavy atom. The molecule has 0 aromatic heterocycles. The Balaban J connectivity index is 2.48. The first-order valence-electron chi connectivity index (χ1n) is 5.51. The van der Waals surface area contributed by atoms with E-state index in [0.29, 0.717) is 18.5 Å². The average Bonchev–Trinajstić information content (AvgIpc) is 2.28. The fourth-order valence-corrected chi connectivity index (χ4v) is 2.09. The number of aromatic hydroxyl groups is 1. The lowest BCUT2D eigenvalue weighted by Crippen LogP contribution is -2.29. The Hall–Kier alpha value is -1.81. The molecule has 0 spiro atoms. The molecule has 1 aliphatic heterocycles. The molecule has 0 saturated carbocycles. The van der Waals surface area contributed by atoms with Crippen molar-refractivity contribution in [3.05, 3.63) is 35.4 Å². The molecule has 0 aliphatic carbocycles. The molecule has 0 amide bonds. The first-order chi connectivity index (χ1) is 8.08. The molecule has 2 N–H and O–H groups in total. The van der Waals surface area contributed by atoms with Crippen molar-refractivity contribution in [2.75, 3.05) is 20.1 Å². The Bertz CT molecular complexity index is 479. The van der Waals surface area contributed by atoms with Gasteiger partial charge in [0.25, 0.3) is 0 Å². The maximum atomic E-state index is 11.2. The average molecular weight is 233 g/mol. The number of aliphatic carboxylic acids is 1. The lowest BCUT2D eigenvalue weighted by atomic mass is 9.94. The van der Waals surface area contributed by atoms with Gasteiger partial charge in [-0.2, -0.15) is 0 Å². The van der Waals surface area contributed by atoms with Crippen LogP contribution in [0.5, 0.6) is 5.75 Å². The van der Waals surface area contributed by atoms with Crippen LogP contribution in [0.25, 0.3) is 5.57 Å². The molecular weight excluding hydrogens is 218 g/mol. The minimum absolute atomic E-state index is 0.160. The van der Waals surface area contributed by atoms with Crippen LogP contribution in [-0.4, -0.2) is 41.2 Å². The van der Waals surface area contributed by atoms with Crippen molar-refractivity contribution in [2.24, 2.45) is 0 Å². The maximum absolute atomic E-state index is 11.2. The number of rotatable bonds is 2. The number of carbonyl (C=O) groups is 1. The van der Waals surface area contributed by atoms with E-state index < -0.39 is 5.97 Å². The van der Waals surface area contributed by atoms with Crippen LogP contribution in [0.2, 0.25) is 0 Å². The summed E-state index contributed by atoms with van der Waals surface area (Å²) in [5.74, 6) is -0.704. The van der Waals surface area contributed by atoms with Gasteiger partial charge in [0.1, 0.15) is 5.75 Å². The predicted molar refractivity (Wildman–Crippen MR) is 64.8 cm³/mol. The third-order valence-electron chi connectivity index (χ3n) is 2.99. The van der Waals surface area contributed by atoms with Gasteiger partial charge in [0.2, 0.25) is 0 Å². The molecule has 0 fully saturated rings. The third kappa shape index (κ3) is 2.47. The van der Waals surface area contributed by atoms with Crippen LogP contribution in [0, 0.1) is 0 Å². The highest BCUT2D eigenvalue weighted by molar-refractivity contribution is 5.97. The van der Waals surface area contributed by atoms with Crippen LogP contribution in [-0.2, 0) is 4.79 Å². The molecule has 1 heterocycles. The van der Waals surface area contributed by atoms with Crippen molar-refractivity contribution in [3.63, 3.8) is 0 Å². The van der Waals surface area contributed by atoms with Gasteiger partial charge < -0.3 is 15.1 Å². The summed E-state index contributed by atoms with van der Waals surface area (Å²) in [7, 11) is 1.96. The quantitative estimate of drug-likeness (QED) is 0.814. The van der Waals surface area contributed by atoms with Crippen molar-refractivity contribution in [3.8, 4) is 5.75 Å². The number of carboxylic acid groups (broad SMARTS) is 1. The number of phenols is 1. The molecule has 4 heteroatoms. The summed E-state index contributed by atoms with van der Waals surface area (Å²) in [6.45, 7) is 1.36. The topological polar surface area (TPSA) is 60.8 Å². The summed E-state index contributed by atoms with van der Waals surface area (Å²) in [6.07, 6.45) is 0.539. The summed E-state index contributed by atoms with van der Waals surface area (Å²) in [6, 6.07) is 6.75. The molecule has 0 atom stereocenters. The Labute approximate surface area is 99.8 Å². The molecule has 1 aromatic carbocycles. The fraction of sp³-hybridized carbons (Fsp3) is 0.308. The lowest BCUT2D eigenvalue weighted by molar-refractivity contribution is -0.132. The summed E-state index contributed by atoms with van der Waals surface area (Å²) < 4.78 is 0. The van der Waals surface area contributed by atoms with Crippen molar-refractivity contribution in [1.29, 1.82) is 0 Å². The number of phenolic OH excluding ortho intramolecular Hbond substituents is 1. The molecule has 2 rings (SSSR count). The van der Waals surface area contributed by atoms with Gasteiger partial charge >= 0.3 is 5.97 Å². The Morgan fingerprint density at radius 1 is 1.41 bits per heavy atom. The first kappa shape index (κ1) is 11.7. The van der Waals surface area contributed by atoms with Gasteiger partial charge in [0.05, 0.1) is 0 Å². The monoisotopic (exact) mass is 233 g/mol. The van der Waals surface area contributed by atoms with Gasteiger partial charge in [-0.1, -0.05) is 12.1 Å². The van der Waals surface area contributed by atoms with Gasteiger partial charge in [-0.05, 0) is 36.7 Å². The standard InChI is InChI=1S/C13H15NO3/c1-14-6-5-11(13(16)17)12(8-14)9-3-2-4-10(15)7-9/h2-4,7,15H,5-6,8H2,1H3,(H,16,17). The Morgan fingerprint density at radius 3 is 2.82 bits per heavy atom. The van der Waals surface area contributed by atoms with Gasteiger partial charge in [0, 0.05) is 18.7 Å². The highest BCUT2D eigenvalue weighted by atomic mass is 16.4. The number of nitrogens with zero attached hydrogens (tertiary/aromatic N) is 1. The van der Waals surface area contributed by atoms with E-state index >= 15 is 0 Å². The van der Waals surface area contributed by atoms with Crippen molar-refractivity contribution in [1.82, 2.24) is 4.90 Å². The highest BCUT2D eigenvalue weighted by Crippen LogP contribution is 2.28. The maximum Gasteiger partial charge on any atom is 0.331 e. The zero-order valence-electron chi connectivity index (χ0n) is 9.68. The molecular formula is C13H15NO3. The van der Waals surface area contributed by atoms with E-state index in [1.807, 2.05) is 13.1 Å². The van der Waals surface area contributed by atoms with Crippen LogP contribution < -0.4 is 0 Å². The molecule has 0 saturated heterocycles. The van der Waals surface area contributed by atoms with Crippen LogP contribution in [0.3, 0.4) is 0 Å². The van der Waals surface area contributed by atoms with E-state index in [1.54, 1.807) is 18.2 Å². The second-order valence-electron chi connectivity index (χ2n) is 4.30. The third-order valence-corrected chi connectivity index (χ3v) is 2.99. The summed E-state index contributed by atoms with van der Waals surface area (Å²) in [5.41, 5.74) is 2.03. The van der Waals surface area contributed by atoms with E-state index in [1.165, 1.54) is 0 Å². The Kier molecular flexibility index (Phi) is 3.15. The summed E-state index contributed by atoms with van der Waals surface area (Å²) in [5, 5.41) is 18.6. The van der Waals surface area contributed by atoms with E-state index in [2.05, 4.69) is 4.90 Å². The molecule has 0 unspecified atom stereocenters. The van der Waals surface area contributed by atoms with E-state index in [0.717, 1.165) is 17.7 Å². The number of hydrogen-bond acceptors (Lipinski definition) is 3. The number of likely N-dealkylation sites (N-methyl/N-ethyl adjacent to an activating group) is 1. The molecule has 4 nitrogen and oxygen atoms in total. The van der Waals surface area contributed by atoms with Crippen molar-refractivity contribution < 1.29 is 15.0 Å². The van der Waals surface area contributed by atoms with Crippen molar-refractivity contribution in [2.45, 2.75) is 6.42 Å². The molecule has 17 heavy (non-hydrogen) atoms. The second-order valence-corrected chi connectivity index (χ2v) is 4.30. The van der Waals surface area contributed by atoms with Crippen LogP contribution in [0.15, 0.2) is 29.8 Å². The van der Waals surface area contributed by atoms with E-state index in [9.17, 15) is 15.0 Å². The zero-order valence-corrected chi connectivity index (χ0v) is 9.68. The van der Waals surface area contributed by atoms with Crippen LogP contribution in [0.1, 0.15) is 12.0 Å². The molecule has 1 aliphatic rings. The zero-order chi connectivity index (χ0) is 12.4. The van der Waals surface area contributed by atoms with Gasteiger partial charge in [0.15, 0.2) is 0 Å². The molecule has 0 radical (unpaired) electrons. The van der Waals surface area contributed by atoms with E-state index in [4.69, 9.17) is 0 Å². The number of hydrogen-bond donors (Lipinski definition) is 2. The molecule has 0 bridgehead atoms. The van der Waals surface area contributed by atoms with Gasteiger partial charge in [-0.3, -0.25) is 0 Å². The summed E-state index contributed by atoms with van der Waals surface area (Å²) >= 11 is 0. The minimum Gasteiger partial charge on any atom is -0.508 e. The second kappa shape index (κ2) is 4.59. The van der Waals surface area contributed by atoms with Crippen molar-refractivity contribution >= 4 is 11.5 Å². The van der Waals surface area contributed by atoms with E-state index in [-0.39, 0.29) is 5.75 Å². The van der Waals surface area contributed by atoms with Crippen LogP contribution >= 0.6 is 0 Å². The highest BCUT2D eigenvalue weighted by Gasteiger charge is 2.22.